The van der Waals surface area contributed by atoms with Crippen molar-refractivity contribution >= 4 is 22.8 Å². The summed E-state index contributed by atoms with van der Waals surface area (Å²) in [5.41, 5.74) is 15.8. The number of benzene rings is 1. The van der Waals surface area contributed by atoms with Crippen LogP contribution in [0, 0.1) is 12.7 Å². The molecule has 7 heteroatoms. The number of nitrogen functional groups attached to an aromatic ring is 1. The summed E-state index contributed by atoms with van der Waals surface area (Å²) in [5, 5.41) is 7.64. The molecule has 0 amide bonds. The van der Waals surface area contributed by atoms with Crippen molar-refractivity contribution in [3.8, 4) is 0 Å². The number of hydrogen-bond acceptors (Lipinski definition) is 5. The summed E-state index contributed by atoms with van der Waals surface area (Å²) in [6, 6.07) is 6.95. The predicted octanol–water partition coefficient (Wildman–Crippen LogP) is 3.49. The molecule has 0 aliphatic heterocycles. The Labute approximate surface area is 151 Å². The molecule has 1 saturated carbocycles. The Balaban J connectivity index is 1.68. The van der Waals surface area contributed by atoms with E-state index in [-0.39, 0.29) is 5.82 Å². The van der Waals surface area contributed by atoms with Gasteiger partial charge in [0.05, 0.1) is 17.6 Å². The van der Waals surface area contributed by atoms with E-state index in [9.17, 15) is 4.39 Å². The molecule has 1 aromatic carbocycles. The number of rotatable bonds is 3. The standard InChI is InChI=1S/C19H23FN6/c1-11-8-14(6-7-15(11)20)23-16-9-18(22)25-26-10-17(24-19(16)26)12-2-4-13(21)5-3-12/h6-10,12-13,23H,2-5,21H2,1H3,(H2,22,25)/t12-,13-. The van der Waals surface area contributed by atoms with Crippen LogP contribution < -0.4 is 16.8 Å². The zero-order valence-corrected chi connectivity index (χ0v) is 14.7. The average molecular weight is 354 g/mol. The monoisotopic (exact) mass is 354 g/mol. The molecule has 0 radical (unpaired) electrons. The van der Waals surface area contributed by atoms with E-state index < -0.39 is 0 Å². The molecule has 0 bridgehead atoms. The Bertz CT molecular complexity index is 943. The first-order valence-electron chi connectivity index (χ1n) is 8.94. The second kappa shape index (κ2) is 6.57. The minimum atomic E-state index is -0.228. The molecular weight excluding hydrogens is 331 g/mol. The Morgan fingerprint density at radius 3 is 2.69 bits per heavy atom. The van der Waals surface area contributed by atoms with Gasteiger partial charge in [-0.3, -0.25) is 0 Å². The van der Waals surface area contributed by atoms with Gasteiger partial charge in [0.25, 0.3) is 0 Å². The number of hydrogen-bond donors (Lipinski definition) is 3. The number of aryl methyl sites for hydroxylation is 1. The van der Waals surface area contributed by atoms with Gasteiger partial charge in [-0.05, 0) is 56.4 Å². The summed E-state index contributed by atoms with van der Waals surface area (Å²) in [7, 11) is 0. The van der Waals surface area contributed by atoms with E-state index >= 15 is 0 Å². The van der Waals surface area contributed by atoms with Gasteiger partial charge in [-0.1, -0.05) is 0 Å². The maximum absolute atomic E-state index is 13.5. The van der Waals surface area contributed by atoms with Gasteiger partial charge in [-0.2, -0.15) is 0 Å². The lowest BCUT2D eigenvalue weighted by Crippen LogP contribution is -2.25. The van der Waals surface area contributed by atoms with Crippen molar-refractivity contribution in [3.05, 3.63) is 47.5 Å². The van der Waals surface area contributed by atoms with Gasteiger partial charge in [-0.25, -0.2) is 13.9 Å². The fourth-order valence-corrected chi connectivity index (χ4v) is 3.60. The molecule has 0 saturated heterocycles. The van der Waals surface area contributed by atoms with E-state index in [4.69, 9.17) is 16.5 Å². The van der Waals surface area contributed by atoms with Gasteiger partial charge in [0.1, 0.15) is 11.6 Å². The highest BCUT2D eigenvalue weighted by atomic mass is 19.1. The van der Waals surface area contributed by atoms with Gasteiger partial charge in [0.2, 0.25) is 0 Å². The SMILES string of the molecule is Cc1cc(Nc2cc(N)nn3cc([C@H]4CC[C@H](N)CC4)nc23)ccc1F. The second-order valence-electron chi connectivity index (χ2n) is 7.12. The third-order valence-electron chi connectivity index (χ3n) is 5.09. The number of aromatic nitrogens is 3. The minimum absolute atomic E-state index is 0.228. The van der Waals surface area contributed by atoms with Crippen molar-refractivity contribution in [3.63, 3.8) is 0 Å². The number of imidazole rings is 1. The smallest absolute Gasteiger partial charge is 0.177 e. The first-order chi connectivity index (χ1) is 12.5. The Kier molecular flexibility index (Phi) is 4.24. The number of nitrogens with one attached hydrogen (secondary N) is 1. The lowest BCUT2D eigenvalue weighted by atomic mass is 9.85. The quantitative estimate of drug-likeness (QED) is 0.669. The van der Waals surface area contributed by atoms with E-state index in [0.29, 0.717) is 29.0 Å². The molecule has 2 heterocycles. The summed E-state index contributed by atoms with van der Waals surface area (Å²) in [4.78, 5) is 4.81. The number of nitrogens with zero attached hydrogens (tertiary/aromatic N) is 3. The van der Waals surface area contributed by atoms with E-state index in [1.807, 2.05) is 6.20 Å². The molecule has 0 atom stereocenters. The lowest BCUT2D eigenvalue weighted by molar-refractivity contribution is 0.391. The summed E-state index contributed by atoms with van der Waals surface area (Å²) >= 11 is 0. The van der Waals surface area contributed by atoms with Crippen LogP contribution >= 0.6 is 0 Å². The summed E-state index contributed by atoms with van der Waals surface area (Å²) in [6.07, 6.45) is 6.08. The van der Waals surface area contributed by atoms with Crippen molar-refractivity contribution in [2.75, 3.05) is 11.1 Å². The Morgan fingerprint density at radius 2 is 1.96 bits per heavy atom. The van der Waals surface area contributed by atoms with Crippen LogP contribution in [0.5, 0.6) is 0 Å². The zero-order valence-electron chi connectivity index (χ0n) is 14.7. The van der Waals surface area contributed by atoms with Crippen LogP contribution in [0.15, 0.2) is 30.5 Å². The molecule has 2 aromatic heterocycles. The topological polar surface area (TPSA) is 94.3 Å². The highest BCUT2D eigenvalue weighted by Gasteiger charge is 2.23. The van der Waals surface area contributed by atoms with Gasteiger partial charge in [0, 0.05) is 23.7 Å². The summed E-state index contributed by atoms with van der Waals surface area (Å²) < 4.78 is 15.2. The van der Waals surface area contributed by atoms with E-state index in [1.54, 1.807) is 29.6 Å². The highest BCUT2D eigenvalue weighted by molar-refractivity contribution is 5.75. The third kappa shape index (κ3) is 3.22. The first-order valence-corrected chi connectivity index (χ1v) is 8.94. The van der Waals surface area contributed by atoms with Crippen molar-refractivity contribution in [2.45, 2.75) is 44.6 Å². The third-order valence-corrected chi connectivity index (χ3v) is 5.09. The van der Waals surface area contributed by atoms with Crippen LogP contribution in [0.2, 0.25) is 0 Å². The maximum Gasteiger partial charge on any atom is 0.177 e. The van der Waals surface area contributed by atoms with E-state index in [1.165, 1.54) is 6.07 Å². The van der Waals surface area contributed by atoms with Crippen molar-refractivity contribution in [1.82, 2.24) is 14.6 Å². The summed E-state index contributed by atoms with van der Waals surface area (Å²) in [6.45, 7) is 1.73. The van der Waals surface area contributed by atoms with Crippen LogP contribution in [0.4, 0.5) is 21.6 Å². The molecule has 1 aliphatic carbocycles. The largest absolute Gasteiger partial charge is 0.382 e. The molecule has 0 unspecified atom stereocenters. The zero-order chi connectivity index (χ0) is 18.3. The number of halogens is 1. The molecule has 0 spiro atoms. The molecule has 1 aliphatic rings. The molecule has 136 valence electrons. The van der Waals surface area contributed by atoms with Gasteiger partial charge in [-0.15, -0.1) is 5.10 Å². The summed E-state index contributed by atoms with van der Waals surface area (Å²) in [5.74, 6) is 0.570. The van der Waals surface area contributed by atoms with Crippen molar-refractivity contribution in [1.29, 1.82) is 0 Å². The van der Waals surface area contributed by atoms with Crippen LogP contribution in [-0.2, 0) is 0 Å². The molecule has 3 aromatic rings. The highest BCUT2D eigenvalue weighted by Crippen LogP contribution is 2.33. The fraction of sp³-hybridized carbons (Fsp3) is 0.368. The van der Waals surface area contributed by atoms with E-state index in [2.05, 4.69) is 10.4 Å². The Morgan fingerprint density at radius 1 is 1.19 bits per heavy atom. The number of nitrogens with two attached hydrogens (primary N) is 2. The number of anilines is 3. The Hall–Kier alpha value is -2.67. The predicted molar refractivity (Wildman–Crippen MR) is 101 cm³/mol. The van der Waals surface area contributed by atoms with Crippen molar-refractivity contribution < 1.29 is 4.39 Å². The van der Waals surface area contributed by atoms with Gasteiger partial charge >= 0.3 is 0 Å². The molecular formula is C19H23FN6. The molecule has 5 N–H and O–H groups in total. The molecule has 1 fully saturated rings. The average Bonchev–Trinajstić information content (AvgIpc) is 3.03. The minimum Gasteiger partial charge on any atom is -0.382 e. The van der Waals surface area contributed by atoms with Crippen LogP contribution in [0.1, 0.15) is 42.9 Å². The maximum atomic E-state index is 13.5. The van der Waals surface area contributed by atoms with Crippen LogP contribution in [-0.4, -0.2) is 20.6 Å². The fourth-order valence-electron chi connectivity index (χ4n) is 3.60. The van der Waals surface area contributed by atoms with Gasteiger partial charge < -0.3 is 16.8 Å². The van der Waals surface area contributed by atoms with Gasteiger partial charge in [0.15, 0.2) is 5.65 Å². The first kappa shape index (κ1) is 16.8. The van der Waals surface area contributed by atoms with Crippen molar-refractivity contribution in [2.24, 2.45) is 5.73 Å². The second-order valence-corrected chi connectivity index (χ2v) is 7.12. The number of fused-ring (bicyclic) bond motifs is 1. The van der Waals surface area contributed by atoms with Crippen LogP contribution in [0.25, 0.3) is 5.65 Å². The molecule has 6 nitrogen and oxygen atoms in total. The molecule has 4 rings (SSSR count). The lowest BCUT2D eigenvalue weighted by Gasteiger charge is -2.24. The molecule has 26 heavy (non-hydrogen) atoms. The van der Waals surface area contributed by atoms with Crippen LogP contribution in [0.3, 0.4) is 0 Å². The van der Waals surface area contributed by atoms with E-state index in [0.717, 1.165) is 42.8 Å². The normalized spacial score (nSPS) is 20.4.